The van der Waals surface area contributed by atoms with Gasteiger partial charge in [0.2, 0.25) is 15.9 Å². The monoisotopic (exact) mass is 390 g/mol. The molecule has 6 heteroatoms. The van der Waals surface area contributed by atoms with Gasteiger partial charge in [0, 0.05) is 32.1 Å². The molecule has 0 unspecified atom stereocenters. The molecule has 3 fully saturated rings. The van der Waals surface area contributed by atoms with Gasteiger partial charge in [0.1, 0.15) is 0 Å². The molecule has 0 bridgehead atoms. The van der Waals surface area contributed by atoms with Crippen LogP contribution in [0.4, 0.5) is 0 Å². The lowest BCUT2D eigenvalue weighted by atomic mass is 9.83. The minimum absolute atomic E-state index is 0.287. The van der Waals surface area contributed by atoms with Crippen molar-refractivity contribution in [2.24, 2.45) is 11.8 Å². The Balaban J connectivity index is 1.46. The van der Waals surface area contributed by atoms with Gasteiger partial charge in [-0.15, -0.1) is 0 Å². The van der Waals surface area contributed by atoms with Crippen molar-refractivity contribution in [3.05, 3.63) is 30.3 Å². The van der Waals surface area contributed by atoms with E-state index >= 15 is 0 Å². The average Bonchev–Trinajstić information content (AvgIpc) is 2.87. The van der Waals surface area contributed by atoms with E-state index < -0.39 is 10.0 Å². The third-order valence-corrected chi connectivity index (χ3v) is 8.63. The van der Waals surface area contributed by atoms with Crippen molar-refractivity contribution in [3.8, 4) is 0 Å². The first kappa shape index (κ1) is 18.9. The number of likely N-dealkylation sites (tertiary alicyclic amines) is 1. The molecule has 2 aliphatic heterocycles. The Labute approximate surface area is 162 Å². The fourth-order valence-electron chi connectivity index (χ4n) is 5.15. The summed E-state index contributed by atoms with van der Waals surface area (Å²) < 4.78 is 27.6. The fraction of sp³-hybridized carbons (Fsp3) is 0.667. The predicted octanol–water partition coefficient (Wildman–Crippen LogP) is 3.27. The minimum atomic E-state index is -3.44. The largest absolute Gasteiger partial charge is 0.340 e. The number of piperidine rings is 1. The molecule has 1 aromatic carbocycles. The van der Waals surface area contributed by atoms with Crippen molar-refractivity contribution in [1.82, 2.24) is 9.21 Å². The lowest BCUT2D eigenvalue weighted by Crippen LogP contribution is -2.43. The van der Waals surface area contributed by atoms with Gasteiger partial charge >= 0.3 is 0 Å². The van der Waals surface area contributed by atoms with Crippen molar-refractivity contribution < 1.29 is 13.2 Å². The lowest BCUT2D eigenvalue weighted by Gasteiger charge is -2.36. The van der Waals surface area contributed by atoms with Crippen LogP contribution < -0.4 is 0 Å². The first-order chi connectivity index (χ1) is 13.1. The number of nitrogens with zero attached hydrogens (tertiary/aromatic N) is 2. The van der Waals surface area contributed by atoms with Crippen molar-refractivity contribution >= 4 is 15.9 Å². The molecule has 148 valence electrons. The number of carbonyl (C=O) groups excluding carboxylic acids is 1. The predicted molar refractivity (Wildman–Crippen MR) is 105 cm³/mol. The molecule has 5 nitrogen and oxygen atoms in total. The van der Waals surface area contributed by atoms with E-state index in [0.29, 0.717) is 42.3 Å². The average molecular weight is 391 g/mol. The normalized spacial score (nSPS) is 28.6. The summed E-state index contributed by atoms with van der Waals surface area (Å²) in [6.45, 7) is 1.87. The number of hydrogen-bond donors (Lipinski definition) is 0. The number of carbonyl (C=O) groups is 1. The summed E-state index contributed by atoms with van der Waals surface area (Å²) in [5, 5.41) is 0. The highest BCUT2D eigenvalue weighted by Crippen LogP contribution is 2.36. The molecule has 1 saturated carbocycles. The van der Waals surface area contributed by atoms with Gasteiger partial charge in [-0.2, -0.15) is 4.31 Å². The highest BCUT2D eigenvalue weighted by molar-refractivity contribution is 7.89. The van der Waals surface area contributed by atoms with E-state index in [2.05, 4.69) is 4.90 Å². The third kappa shape index (κ3) is 3.92. The van der Waals surface area contributed by atoms with E-state index in [0.717, 1.165) is 32.2 Å². The van der Waals surface area contributed by atoms with Gasteiger partial charge in [-0.3, -0.25) is 4.79 Å². The molecule has 2 atom stereocenters. The molecular formula is C21H30N2O3S. The highest BCUT2D eigenvalue weighted by atomic mass is 32.2. The zero-order valence-corrected chi connectivity index (χ0v) is 16.7. The molecule has 2 heterocycles. The quantitative estimate of drug-likeness (QED) is 0.796. The summed E-state index contributed by atoms with van der Waals surface area (Å²) in [6.07, 6.45) is 8.32. The van der Waals surface area contributed by atoms with Crippen LogP contribution >= 0.6 is 0 Å². The Bertz CT molecular complexity index is 759. The molecule has 1 amide bonds. The lowest BCUT2D eigenvalue weighted by molar-refractivity contribution is -0.134. The molecule has 0 aromatic heterocycles. The van der Waals surface area contributed by atoms with Crippen LogP contribution in [-0.4, -0.2) is 49.2 Å². The summed E-state index contributed by atoms with van der Waals surface area (Å²) in [5.41, 5.74) is 0. The molecule has 0 N–H and O–H groups in total. The number of rotatable bonds is 3. The molecule has 0 spiro atoms. The smallest absolute Gasteiger partial charge is 0.243 e. The maximum Gasteiger partial charge on any atom is 0.243 e. The molecule has 1 aromatic rings. The standard InChI is InChI=1S/C21H30N2O3S/c24-21-15-17-11-13-22(27(25,26)20-9-5-2-6-10-20)16-18(17)12-14-23(21)19-7-3-1-4-8-19/h2,5-6,9-10,17-19H,1,3-4,7-8,11-16H2/t17-,18+/m1/s1. The summed E-state index contributed by atoms with van der Waals surface area (Å²) in [6, 6.07) is 9.13. The molecule has 0 radical (unpaired) electrons. The maximum atomic E-state index is 13.0. The molecule has 3 aliphatic rings. The van der Waals surface area contributed by atoms with Gasteiger partial charge in [-0.05, 0) is 49.7 Å². The van der Waals surface area contributed by atoms with Crippen LogP contribution in [0.25, 0.3) is 0 Å². The number of benzene rings is 1. The van der Waals surface area contributed by atoms with E-state index in [-0.39, 0.29) is 5.92 Å². The Hall–Kier alpha value is -1.40. The zero-order chi connectivity index (χ0) is 18.9. The molecule has 4 rings (SSSR count). The Kier molecular flexibility index (Phi) is 5.55. The number of fused-ring (bicyclic) bond motifs is 1. The van der Waals surface area contributed by atoms with Crippen LogP contribution in [0, 0.1) is 11.8 Å². The summed E-state index contributed by atoms with van der Waals surface area (Å²) >= 11 is 0. The van der Waals surface area contributed by atoms with Crippen LogP contribution in [-0.2, 0) is 14.8 Å². The van der Waals surface area contributed by atoms with Gasteiger partial charge in [0.25, 0.3) is 0 Å². The van der Waals surface area contributed by atoms with E-state index in [1.54, 1.807) is 28.6 Å². The second-order valence-corrected chi connectivity index (χ2v) is 10.3. The first-order valence-electron chi connectivity index (χ1n) is 10.4. The topological polar surface area (TPSA) is 57.7 Å². The van der Waals surface area contributed by atoms with E-state index in [1.807, 2.05) is 6.07 Å². The van der Waals surface area contributed by atoms with Crippen LogP contribution in [0.2, 0.25) is 0 Å². The zero-order valence-electron chi connectivity index (χ0n) is 15.9. The van der Waals surface area contributed by atoms with Gasteiger partial charge in [0.15, 0.2) is 0 Å². The second-order valence-electron chi connectivity index (χ2n) is 8.36. The molecule has 2 saturated heterocycles. The molecule has 1 aliphatic carbocycles. The van der Waals surface area contributed by atoms with E-state index in [9.17, 15) is 13.2 Å². The number of hydrogen-bond acceptors (Lipinski definition) is 3. The van der Waals surface area contributed by atoms with E-state index in [4.69, 9.17) is 0 Å². The molecular weight excluding hydrogens is 360 g/mol. The van der Waals surface area contributed by atoms with Crippen LogP contribution in [0.3, 0.4) is 0 Å². The van der Waals surface area contributed by atoms with Crippen molar-refractivity contribution in [2.75, 3.05) is 19.6 Å². The summed E-state index contributed by atoms with van der Waals surface area (Å²) in [4.78, 5) is 15.4. The van der Waals surface area contributed by atoms with Gasteiger partial charge in [0.05, 0.1) is 4.90 Å². The maximum absolute atomic E-state index is 13.0. The Morgan fingerprint density at radius 1 is 0.852 bits per heavy atom. The van der Waals surface area contributed by atoms with Crippen LogP contribution in [0.15, 0.2) is 35.2 Å². The van der Waals surface area contributed by atoms with Gasteiger partial charge in [-0.25, -0.2) is 8.42 Å². The van der Waals surface area contributed by atoms with Crippen molar-refractivity contribution in [2.45, 2.75) is 62.3 Å². The van der Waals surface area contributed by atoms with Crippen molar-refractivity contribution in [1.29, 1.82) is 0 Å². The van der Waals surface area contributed by atoms with Crippen LogP contribution in [0.1, 0.15) is 51.4 Å². The van der Waals surface area contributed by atoms with Gasteiger partial charge < -0.3 is 4.90 Å². The van der Waals surface area contributed by atoms with Crippen molar-refractivity contribution in [3.63, 3.8) is 0 Å². The van der Waals surface area contributed by atoms with E-state index in [1.165, 1.54) is 19.3 Å². The Morgan fingerprint density at radius 2 is 1.56 bits per heavy atom. The minimum Gasteiger partial charge on any atom is -0.340 e. The summed E-state index contributed by atoms with van der Waals surface area (Å²) in [5.74, 6) is 0.914. The van der Waals surface area contributed by atoms with Gasteiger partial charge in [-0.1, -0.05) is 37.5 Å². The highest BCUT2D eigenvalue weighted by Gasteiger charge is 2.40. The van der Waals surface area contributed by atoms with Crippen LogP contribution in [0.5, 0.6) is 0 Å². The number of amides is 1. The summed E-state index contributed by atoms with van der Waals surface area (Å²) in [7, 11) is -3.44. The fourth-order valence-corrected chi connectivity index (χ4v) is 6.69. The number of sulfonamides is 1. The first-order valence-corrected chi connectivity index (χ1v) is 11.8. The Morgan fingerprint density at radius 3 is 2.30 bits per heavy atom. The SMILES string of the molecule is O=C1C[C@H]2CCN(S(=O)(=O)c3ccccc3)C[C@@H]2CCN1C1CCCCC1. The second kappa shape index (κ2) is 7.92. The molecule has 27 heavy (non-hydrogen) atoms. The third-order valence-electron chi connectivity index (χ3n) is 6.75.